The van der Waals surface area contributed by atoms with Crippen molar-refractivity contribution in [1.82, 2.24) is 14.5 Å². The molecule has 0 fully saturated rings. The molecule has 2 heterocycles. The van der Waals surface area contributed by atoms with E-state index in [2.05, 4.69) is 9.97 Å². The van der Waals surface area contributed by atoms with Crippen LogP contribution in [0.25, 0.3) is 16.6 Å². The quantitative estimate of drug-likeness (QED) is 0.684. The zero-order valence-electron chi connectivity index (χ0n) is 10.2. The Labute approximate surface area is 114 Å². The van der Waals surface area contributed by atoms with Gasteiger partial charge in [-0.15, -0.1) is 0 Å². The lowest BCUT2D eigenvalue weighted by Crippen LogP contribution is -2.22. The van der Waals surface area contributed by atoms with Crippen molar-refractivity contribution in [3.63, 3.8) is 0 Å². The minimum absolute atomic E-state index is 0.118. The Morgan fingerprint density at radius 3 is 2.84 bits per heavy atom. The summed E-state index contributed by atoms with van der Waals surface area (Å²) in [7, 11) is 0. The minimum atomic E-state index is -0.118. The van der Waals surface area contributed by atoms with E-state index in [1.807, 2.05) is 6.07 Å². The molecule has 94 valence electrons. The van der Waals surface area contributed by atoms with E-state index >= 15 is 0 Å². The maximum absolute atomic E-state index is 12.5. The number of nitrogens with zero attached hydrogens (tertiary/aromatic N) is 3. The predicted octanol–water partition coefficient (Wildman–Crippen LogP) is 2.74. The first-order chi connectivity index (χ1) is 9.16. The summed E-state index contributed by atoms with van der Waals surface area (Å²) in [5.41, 5.74) is 1.19. The summed E-state index contributed by atoms with van der Waals surface area (Å²) >= 11 is 5.92. The van der Waals surface area contributed by atoms with Gasteiger partial charge < -0.3 is 0 Å². The molecule has 0 spiro atoms. The van der Waals surface area contributed by atoms with Gasteiger partial charge in [-0.25, -0.2) is 4.98 Å². The zero-order valence-corrected chi connectivity index (χ0v) is 10.9. The molecular weight excluding hydrogens is 262 g/mol. The van der Waals surface area contributed by atoms with E-state index in [0.29, 0.717) is 27.4 Å². The minimum Gasteiger partial charge on any atom is -0.268 e. The number of halogens is 1. The summed E-state index contributed by atoms with van der Waals surface area (Å²) in [5.74, 6) is 0.604. The Kier molecular flexibility index (Phi) is 2.80. The first-order valence-electron chi connectivity index (χ1n) is 5.76. The summed E-state index contributed by atoms with van der Waals surface area (Å²) < 4.78 is 1.54. The second-order valence-corrected chi connectivity index (χ2v) is 4.61. The van der Waals surface area contributed by atoms with Gasteiger partial charge in [-0.05, 0) is 37.3 Å². The van der Waals surface area contributed by atoms with Crippen molar-refractivity contribution in [2.75, 3.05) is 0 Å². The molecule has 3 aromatic rings. The highest BCUT2D eigenvalue weighted by molar-refractivity contribution is 6.31. The SMILES string of the molecule is Cc1nc2cc(Cl)ccc2c(=O)n1-c1cccnc1. The van der Waals surface area contributed by atoms with Gasteiger partial charge in [-0.3, -0.25) is 14.3 Å². The Bertz CT molecular complexity index is 812. The van der Waals surface area contributed by atoms with Gasteiger partial charge in [0.05, 0.1) is 22.8 Å². The molecule has 0 bridgehead atoms. The fourth-order valence-corrected chi connectivity index (χ4v) is 2.23. The monoisotopic (exact) mass is 271 g/mol. The Balaban J connectivity index is 2.39. The predicted molar refractivity (Wildman–Crippen MR) is 74.9 cm³/mol. The largest absolute Gasteiger partial charge is 0.268 e. The van der Waals surface area contributed by atoms with Crippen LogP contribution in [0.15, 0.2) is 47.5 Å². The molecule has 4 nitrogen and oxygen atoms in total. The second-order valence-electron chi connectivity index (χ2n) is 4.17. The van der Waals surface area contributed by atoms with Crippen LogP contribution in [0.5, 0.6) is 0 Å². The number of benzene rings is 1. The molecule has 0 saturated carbocycles. The van der Waals surface area contributed by atoms with Gasteiger partial charge in [0.15, 0.2) is 0 Å². The van der Waals surface area contributed by atoms with E-state index in [1.165, 1.54) is 0 Å². The lowest BCUT2D eigenvalue weighted by molar-refractivity contribution is 0.888. The van der Waals surface area contributed by atoms with E-state index in [9.17, 15) is 4.79 Å². The first-order valence-corrected chi connectivity index (χ1v) is 6.14. The maximum Gasteiger partial charge on any atom is 0.266 e. The van der Waals surface area contributed by atoms with Crippen LogP contribution in [0.3, 0.4) is 0 Å². The van der Waals surface area contributed by atoms with Crippen LogP contribution in [0.1, 0.15) is 5.82 Å². The molecule has 0 aliphatic rings. The average molecular weight is 272 g/mol. The molecule has 0 aliphatic heterocycles. The van der Waals surface area contributed by atoms with Crippen molar-refractivity contribution in [1.29, 1.82) is 0 Å². The van der Waals surface area contributed by atoms with Gasteiger partial charge in [-0.1, -0.05) is 11.6 Å². The van der Waals surface area contributed by atoms with Crippen molar-refractivity contribution < 1.29 is 0 Å². The molecular formula is C14H10ClN3O. The molecule has 0 aliphatic carbocycles. The Morgan fingerprint density at radius 1 is 1.26 bits per heavy atom. The van der Waals surface area contributed by atoms with Crippen molar-refractivity contribution in [2.45, 2.75) is 6.92 Å². The smallest absolute Gasteiger partial charge is 0.266 e. The van der Waals surface area contributed by atoms with Crippen molar-refractivity contribution >= 4 is 22.5 Å². The zero-order chi connectivity index (χ0) is 13.4. The maximum atomic E-state index is 12.5. The molecule has 0 unspecified atom stereocenters. The number of pyridine rings is 1. The van der Waals surface area contributed by atoms with Crippen molar-refractivity contribution in [3.8, 4) is 5.69 Å². The van der Waals surface area contributed by atoms with Crippen LogP contribution in [-0.2, 0) is 0 Å². The highest BCUT2D eigenvalue weighted by atomic mass is 35.5. The molecule has 3 rings (SSSR count). The summed E-state index contributed by atoms with van der Waals surface area (Å²) in [6.45, 7) is 1.79. The van der Waals surface area contributed by atoms with E-state index in [4.69, 9.17) is 11.6 Å². The van der Waals surface area contributed by atoms with E-state index in [1.54, 1.807) is 48.1 Å². The number of aryl methyl sites for hydroxylation is 1. The molecule has 0 amide bonds. The van der Waals surface area contributed by atoms with Crippen molar-refractivity contribution in [3.05, 3.63) is 63.9 Å². The van der Waals surface area contributed by atoms with Crippen LogP contribution >= 0.6 is 11.6 Å². The van der Waals surface area contributed by atoms with Crippen LogP contribution in [0, 0.1) is 6.92 Å². The number of hydrogen-bond donors (Lipinski definition) is 0. The third-order valence-corrected chi connectivity index (χ3v) is 3.14. The Hall–Kier alpha value is -2.20. The van der Waals surface area contributed by atoms with Crippen molar-refractivity contribution in [2.24, 2.45) is 0 Å². The van der Waals surface area contributed by atoms with Crippen LogP contribution in [0.4, 0.5) is 0 Å². The van der Waals surface area contributed by atoms with Gasteiger partial charge in [-0.2, -0.15) is 0 Å². The van der Waals surface area contributed by atoms with E-state index < -0.39 is 0 Å². The highest BCUT2D eigenvalue weighted by Gasteiger charge is 2.09. The van der Waals surface area contributed by atoms with Crippen LogP contribution in [0.2, 0.25) is 5.02 Å². The second kappa shape index (κ2) is 4.48. The van der Waals surface area contributed by atoms with E-state index in [-0.39, 0.29) is 5.56 Å². The van der Waals surface area contributed by atoms with Gasteiger partial charge in [0.2, 0.25) is 0 Å². The van der Waals surface area contributed by atoms with Gasteiger partial charge in [0.1, 0.15) is 5.82 Å². The number of aromatic nitrogens is 3. The molecule has 0 radical (unpaired) electrons. The summed E-state index contributed by atoms with van der Waals surface area (Å²) in [4.78, 5) is 21.0. The summed E-state index contributed by atoms with van der Waals surface area (Å²) in [6, 6.07) is 8.69. The molecule has 0 N–H and O–H groups in total. The molecule has 0 atom stereocenters. The fraction of sp³-hybridized carbons (Fsp3) is 0.0714. The number of rotatable bonds is 1. The van der Waals surface area contributed by atoms with Gasteiger partial charge in [0, 0.05) is 11.2 Å². The van der Waals surface area contributed by atoms with Crippen LogP contribution < -0.4 is 5.56 Å². The molecule has 1 aromatic carbocycles. The number of fused-ring (bicyclic) bond motifs is 1. The summed E-state index contributed by atoms with van der Waals surface area (Å²) in [6.07, 6.45) is 3.30. The average Bonchev–Trinajstić information content (AvgIpc) is 2.39. The van der Waals surface area contributed by atoms with Gasteiger partial charge in [0.25, 0.3) is 5.56 Å². The highest BCUT2D eigenvalue weighted by Crippen LogP contribution is 2.16. The summed E-state index contributed by atoms with van der Waals surface area (Å²) in [5, 5.41) is 1.11. The third kappa shape index (κ3) is 2.00. The number of hydrogen-bond acceptors (Lipinski definition) is 3. The lowest BCUT2D eigenvalue weighted by atomic mass is 10.2. The molecule has 2 aromatic heterocycles. The topological polar surface area (TPSA) is 47.8 Å². The molecule has 19 heavy (non-hydrogen) atoms. The third-order valence-electron chi connectivity index (χ3n) is 2.90. The Morgan fingerprint density at radius 2 is 2.11 bits per heavy atom. The molecule has 5 heteroatoms. The first kappa shape index (κ1) is 11.9. The lowest BCUT2D eigenvalue weighted by Gasteiger charge is -2.10. The van der Waals surface area contributed by atoms with Crippen LogP contribution in [-0.4, -0.2) is 14.5 Å². The van der Waals surface area contributed by atoms with Gasteiger partial charge >= 0.3 is 0 Å². The molecule has 0 saturated heterocycles. The normalized spacial score (nSPS) is 10.8. The van der Waals surface area contributed by atoms with E-state index in [0.717, 1.165) is 0 Å². The standard InChI is InChI=1S/C14H10ClN3O/c1-9-17-13-7-10(15)4-5-12(13)14(19)18(9)11-3-2-6-16-8-11/h2-8H,1H3. The fourth-order valence-electron chi connectivity index (χ4n) is 2.06.